The van der Waals surface area contributed by atoms with Gasteiger partial charge < -0.3 is 19.6 Å². The third kappa shape index (κ3) is 3.59. The van der Waals surface area contributed by atoms with Gasteiger partial charge in [0, 0.05) is 0 Å². The van der Waals surface area contributed by atoms with Crippen LogP contribution < -0.4 is 20.5 Å². The molecule has 1 aliphatic heterocycles. The van der Waals surface area contributed by atoms with E-state index in [1.807, 2.05) is 17.4 Å². The average molecular weight is 350 g/mol. The average Bonchev–Trinajstić information content (AvgIpc) is 3.02. The van der Waals surface area contributed by atoms with Crippen LogP contribution in [0.25, 0.3) is 0 Å². The Balaban J connectivity index is 1.64. The van der Waals surface area contributed by atoms with E-state index in [4.69, 9.17) is 19.6 Å². The highest BCUT2D eigenvalue weighted by atomic mass is 32.2. The summed E-state index contributed by atoms with van der Waals surface area (Å²) in [5.74, 6) is 0.947. The van der Waals surface area contributed by atoms with Crippen LogP contribution in [0.2, 0.25) is 0 Å². The van der Waals surface area contributed by atoms with E-state index in [0.717, 1.165) is 11.8 Å². The van der Waals surface area contributed by atoms with Gasteiger partial charge in [0.1, 0.15) is 6.61 Å². The number of amides is 3. The lowest BCUT2D eigenvalue weighted by Crippen LogP contribution is -2.39. The molecular weight excluding hydrogens is 336 g/mol. The van der Waals surface area contributed by atoms with E-state index >= 15 is 0 Å². The number of thioether (sulfide) groups is 1. The molecule has 1 aromatic carbocycles. The Morgan fingerprint density at radius 3 is 2.83 bits per heavy atom. The molecular formula is C14H14N4O5S. The molecule has 0 spiro atoms. The molecule has 1 aliphatic rings. The zero-order valence-corrected chi connectivity index (χ0v) is 13.4. The Bertz CT molecular complexity index is 765. The highest BCUT2D eigenvalue weighted by Gasteiger charge is 2.28. The number of urea groups is 1. The van der Waals surface area contributed by atoms with Crippen molar-refractivity contribution >= 4 is 23.7 Å². The number of nitrogens with zero attached hydrogens (tertiary/aromatic N) is 2. The number of nitrogens with one attached hydrogen (secondary N) is 1. The number of hydrogen-bond acceptors (Lipinski definition) is 8. The van der Waals surface area contributed by atoms with Crippen LogP contribution in [0.5, 0.6) is 11.5 Å². The molecule has 24 heavy (non-hydrogen) atoms. The van der Waals surface area contributed by atoms with Crippen LogP contribution in [0.1, 0.15) is 18.9 Å². The maximum Gasteiger partial charge on any atom is 0.318 e. The standard InChI is InChI=1S/C14H14N4O5S/c1-7(11(19)16-13(15)20)24-14-18-17-12(23-14)10-6-21-8-4-2-3-5-9(8)22-10/h2-5,7,10H,6H2,1H3,(H3,15,16,19,20)/t7-,10-/m1/s1. The molecule has 0 saturated heterocycles. The molecule has 0 radical (unpaired) electrons. The van der Waals surface area contributed by atoms with E-state index in [1.54, 1.807) is 19.1 Å². The van der Waals surface area contributed by atoms with Gasteiger partial charge in [0.2, 0.25) is 12.0 Å². The summed E-state index contributed by atoms with van der Waals surface area (Å²) in [7, 11) is 0. The Kier molecular flexibility index (Phi) is 4.56. The summed E-state index contributed by atoms with van der Waals surface area (Å²) in [6.45, 7) is 1.82. The predicted molar refractivity (Wildman–Crippen MR) is 82.6 cm³/mol. The monoisotopic (exact) mass is 350 g/mol. The number of primary amides is 1. The first kappa shape index (κ1) is 16.1. The summed E-state index contributed by atoms with van der Waals surface area (Å²) in [6.07, 6.45) is -0.531. The van der Waals surface area contributed by atoms with Crippen LogP contribution in [-0.4, -0.2) is 34.0 Å². The summed E-state index contributed by atoms with van der Waals surface area (Å²) in [6, 6.07) is 6.36. The van der Waals surface area contributed by atoms with Gasteiger partial charge >= 0.3 is 6.03 Å². The second kappa shape index (κ2) is 6.79. The van der Waals surface area contributed by atoms with E-state index in [9.17, 15) is 9.59 Å². The number of ether oxygens (including phenoxy) is 2. The number of nitrogens with two attached hydrogens (primary N) is 1. The van der Waals surface area contributed by atoms with Crippen molar-refractivity contribution in [3.63, 3.8) is 0 Å². The summed E-state index contributed by atoms with van der Waals surface area (Å²) in [5, 5.41) is 9.32. The first-order valence-electron chi connectivity index (χ1n) is 7.02. The molecule has 1 aromatic heterocycles. The summed E-state index contributed by atoms with van der Waals surface area (Å²) in [4.78, 5) is 22.3. The number of carbonyl (C=O) groups is 2. The molecule has 2 aromatic rings. The summed E-state index contributed by atoms with van der Waals surface area (Å²) < 4.78 is 16.9. The summed E-state index contributed by atoms with van der Waals surface area (Å²) >= 11 is 1.01. The molecule has 0 aliphatic carbocycles. The van der Waals surface area contributed by atoms with Gasteiger partial charge in [-0.2, -0.15) is 0 Å². The van der Waals surface area contributed by atoms with E-state index in [2.05, 4.69) is 10.2 Å². The number of carbonyl (C=O) groups excluding carboxylic acids is 2. The predicted octanol–water partition coefficient (Wildman–Crippen LogP) is 1.26. The first-order valence-corrected chi connectivity index (χ1v) is 7.89. The molecule has 2 atom stereocenters. The minimum Gasteiger partial charge on any atom is -0.485 e. The molecule has 0 unspecified atom stereocenters. The van der Waals surface area contributed by atoms with E-state index in [-0.39, 0.29) is 17.7 Å². The lowest BCUT2D eigenvalue weighted by molar-refractivity contribution is -0.119. The van der Waals surface area contributed by atoms with Gasteiger partial charge in [-0.05, 0) is 19.1 Å². The number of para-hydroxylation sites is 2. The zero-order chi connectivity index (χ0) is 17.1. The lowest BCUT2D eigenvalue weighted by atomic mass is 10.2. The SMILES string of the molecule is C[C@@H](Sc1nnc([C@H]2COc3ccccc3O2)o1)C(=O)NC(N)=O. The minimum absolute atomic E-state index is 0.180. The molecule has 2 heterocycles. The fourth-order valence-corrected chi connectivity index (χ4v) is 2.66. The number of benzene rings is 1. The third-order valence-electron chi connectivity index (χ3n) is 3.10. The van der Waals surface area contributed by atoms with Crippen LogP contribution >= 0.6 is 11.8 Å². The van der Waals surface area contributed by atoms with Crippen LogP contribution in [0.3, 0.4) is 0 Å². The molecule has 0 fully saturated rings. The van der Waals surface area contributed by atoms with Gasteiger partial charge in [0.05, 0.1) is 5.25 Å². The fraction of sp³-hybridized carbons (Fsp3) is 0.286. The Labute approximate surface area is 140 Å². The second-order valence-electron chi connectivity index (χ2n) is 4.88. The highest BCUT2D eigenvalue weighted by Crippen LogP contribution is 2.36. The fourth-order valence-electron chi connectivity index (χ4n) is 1.97. The normalized spacial score (nSPS) is 17.1. The summed E-state index contributed by atoms with van der Waals surface area (Å²) in [5.41, 5.74) is 4.90. The maximum absolute atomic E-state index is 11.6. The van der Waals surface area contributed by atoms with Crippen molar-refractivity contribution in [1.29, 1.82) is 0 Å². The van der Waals surface area contributed by atoms with Gasteiger partial charge in [-0.1, -0.05) is 23.9 Å². The van der Waals surface area contributed by atoms with Gasteiger partial charge in [0.25, 0.3) is 11.1 Å². The highest BCUT2D eigenvalue weighted by molar-refractivity contribution is 8.00. The maximum atomic E-state index is 11.6. The topological polar surface area (TPSA) is 130 Å². The zero-order valence-electron chi connectivity index (χ0n) is 12.6. The molecule has 0 bridgehead atoms. The van der Waals surface area contributed by atoms with E-state index in [0.29, 0.717) is 11.5 Å². The largest absolute Gasteiger partial charge is 0.485 e. The number of aromatic nitrogens is 2. The number of imide groups is 1. The lowest BCUT2D eigenvalue weighted by Gasteiger charge is -2.23. The quantitative estimate of drug-likeness (QED) is 0.788. The van der Waals surface area contributed by atoms with Crippen molar-refractivity contribution in [2.45, 2.75) is 23.5 Å². The van der Waals surface area contributed by atoms with Gasteiger partial charge in [-0.15, -0.1) is 10.2 Å². The van der Waals surface area contributed by atoms with Crippen molar-refractivity contribution in [2.24, 2.45) is 5.73 Å². The number of fused-ring (bicyclic) bond motifs is 1. The molecule has 9 nitrogen and oxygen atoms in total. The van der Waals surface area contributed by atoms with E-state index < -0.39 is 23.3 Å². The van der Waals surface area contributed by atoms with Crippen molar-refractivity contribution in [1.82, 2.24) is 15.5 Å². The van der Waals surface area contributed by atoms with Crippen molar-refractivity contribution in [2.75, 3.05) is 6.61 Å². The first-order chi connectivity index (χ1) is 11.5. The number of rotatable bonds is 4. The minimum atomic E-state index is -0.912. The molecule has 3 rings (SSSR count). The Morgan fingerprint density at radius 2 is 2.08 bits per heavy atom. The van der Waals surface area contributed by atoms with Crippen molar-refractivity contribution in [3.05, 3.63) is 30.2 Å². The molecule has 0 saturated carbocycles. The van der Waals surface area contributed by atoms with E-state index in [1.165, 1.54) is 0 Å². The third-order valence-corrected chi connectivity index (χ3v) is 4.03. The molecule has 3 amide bonds. The van der Waals surface area contributed by atoms with Gasteiger partial charge in [0.15, 0.2) is 11.5 Å². The second-order valence-corrected chi connectivity index (χ2v) is 6.18. The van der Waals surface area contributed by atoms with Gasteiger partial charge in [-0.25, -0.2) is 4.79 Å². The van der Waals surface area contributed by atoms with Gasteiger partial charge in [-0.3, -0.25) is 10.1 Å². The molecule has 126 valence electrons. The van der Waals surface area contributed by atoms with Crippen LogP contribution in [0, 0.1) is 0 Å². The van der Waals surface area contributed by atoms with Crippen LogP contribution in [0.15, 0.2) is 33.9 Å². The smallest absolute Gasteiger partial charge is 0.318 e. The van der Waals surface area contributed by atoms with Crippen LogP contribution in [-0.2, 0) is 4.79 Å². The Morgan fingerprint density at radius 1 is 1.33 bits per heavy atom. The number of hydrogen-bond donors (Lipinski definition) is 2. The molecule has 3 N–H and O–H groups in total. The van der Waals surface area contributed by atoms with Crippen molar-refractivity contribution < 1.29 is 23.5 Å². The van der Waals surface area contributed by atoms with Crippen molar-refractivity contribution in [3.8, 4) is 11.5 Å². The Hall–Kier alpha value is -2.75. The van der Waals surface area contributed by atoms with Crippen LogP contribution in [0.4, 0.5) is 4.79 Å². The molecule has 10 heteroatoms.